The van der Waals surface area contributed by atoms with Crippen molar-refractivity contribution in [1.29, 1.82) is 0 Å². The molecule has 2 rings (SSSR count). The summed E-state index contributed by atoms with van der Waals surface area (Å²) < 4.78 is 5.09. The van der Waals surface area contributed by atoms with Crippen LogP contribution in [0.15, 0.2) is 18.5 Å². The van der Waals surface area contributed by atoms with Gasteiger partial charge in [-0.15, -0.1) is 0 Å². The van der Waals surface area contributed by atoms with E-state index >= 15 is 0 Å². The maximum absolute atomic E-state index is 9.04. The van der Waals surface area contributed by atoms with Crippen LogP contribution in [-0.2, 0) is 6.61 Å². The number of H-pyrrole nitrogens is 1. The van der Waals surface area contributed by atoms with Crippen molar-refractivity contribution in [3.63, 3.8) is 0 Å². The molecule has 0 atom stereocenters. The summed E-state index contributed by atoms with van der Waals surface area (Å²) in [5, 5.41) is 9.90. The topological polar surface area (TPSA) is 58.1 Å². The molecule has 0 aromatic carbocycles. The minimum atomic E-state index is -0.0119. The van der Waals surface area contributed by atoms with Gasteiger partial charge in [0.2, 0.25) is 5.88 Å². The quantitative estimate of drug-likeness (QED) is 0.723. The molecule has 0 aliphatic rings. The number of nitrogens with zero attached hydrogens (tertiary/aromatic N) is 1. The van der Waals surface area contributed by atoms with Gasteiger partial charge in [-0.05, 0) is 6.07 Å². The first-order valence-electron chi connectivity index (χ1n) is 3.96. The van der Waals surface area contributed by atoms with Gasteiger partial charge in [-0.2, -0.15) is 0 Å². The number of ether oxygens (including phenoxy) is 1. The highest BCUT2D eigenvalue weighted by Crippen LogP contribution is 2.25. The van der Waals surface area contributed by atoms with Crippen molar-refractivity contribution in [2.24, 2.45) is 0 Å². The second kappa shape index (κ2) is 3.06. The number of fused-ring (bicyclic) bond motifs is 1. The van der Waals surface area contributed by atoms with E-state index in [9.17, 15) is 0 Å². The fourth-order valence-corrected chi connectivity index (χ4v) is 1.39. The number of methoxy groups -OCH3 is 1. The molecule has 0 amide bonds. The van der Waals surface area contributed by atoms with Gasteiger partial charge in [0.05, 0.1) is 24.6 Å². The summed E-state index contributed by atoms with van der Waals surface area (Å²) in [5.74, 6) is 0.544. The second-order valence-electron chi connectivity index (χ2n) is 2.71. The first-order valence-corrected chi connectivity index (χ1v) is 3.96. The van der Waals surface area contributed by atoms with Gasteiger partial charge in [-0.1, -0.05) is 0 Å². The average molecular weight is 178 g/mol. The van der Waals surface area contributed by atoms with Gasteiger partial charge in [0.25, 0.3) is 0 Å². The van der Waals surface area contributed by atoms with Crippen LogP contribution in [0.2, 0.25) is 0 Å². The summed E-state index contributed by atoms with van der Waals surface area (Å²) in [6.45, 7) is -0.0119. The smallest absolute Gasteiger partial charge is 0.222 e. The molecule has 4 nitrogen and oxygen atoms in total. The van der Waals surface area contributed by atoms with Crippen molar-refractivity contribution >= 4 is 10.9 Å². The van der Waals surface area contributed by atoms with E-state index in [2.05, 4.69) is 9.97 Å². The first kappa shape index (κ1) is 8.07. The highest BCUT2D eigenvalue weighted by molar-refractivity contribution is 5.87. The van der Waals surface area contributed by atoms with Crippen molar-refractivity contribution in [3.8, 4) is 5.88 Å². The molecule has 2 aromatic heterocycles. The molecule has 0 unspecified atom stereocenters. The summed E-state index contributed by atoms with van der Waals surface area (Å²) in [5.41, 5.74) is 1.73. The zero-order chi connectivity index (χ0) is 9.26. The Kier molecular flexibility index (Phi) is 1.90. The SMILES string of the molecule is COc1nccc2[nH]cc(CO)c12. The molecule has 2 aromatic rings. The molecular weight excluding hydrogens is 168 g/mol. The highest BCUT2D eigenvalue weighted by atomic mass is 16.5. The molecule has 0 aliphatic carbocycles. The molecule has 0 aliphatic heterocycles. The zero-order valence-corrected chi connectivity index (χ0v) is 7.24. The van der Waals surface area contributed by atoms with Gasteiger partial charge in [0.1, 0.15) is 0 Å². The third-order valence-electron chi connectivity index (χ3n) is 2.00. The standard InChI is InChI=1S/C9H10N2O2/c1-13-9-8-6(5-12)4-11-7(8)2-3-10-9/h2-4,11-12H,5H2,1H3. The van der Waals surface area contributed by atoms with Crippen molar-refractivity contribution < 1.29 is 9.84 Å². The summed E-state index contributed by atoms with van der Waals surface area (Å²) in [6, 6.07) is 1.84. The molecule has 13 heavy (non-hydrogen) atoms. The van der Waals surface area contributed by atoms with E-state index in [4.69, 9.17) is 9.84 Å². The molecule has 4 heteroatoms. The van der Waals surface area contributed by atoms with Crippen LogP contribution in [0, 0.1) is 0 Å². The van der Waals surface area contributed by atoms with E-state index in [-0.39, 0.29) is 6.61 Å². The highest BCUT2D eigenvalue weighted by Gasteiger charge is 2.08. The molecule has 0 radical (unpaired) electrons. The number of aliphatic hydroxyl groups excluding tert-OH is 1. The van der Waals surface area contributed by atoms with Gasteiger partial charge < -0.3 is 14.8 Å². The van der Waals surface area contributed by atoms with Crippen molar-refractivity contribution in [2.75, 3.05) is 7.11 Å². The van der Waals surface area contributed by atoms with Crippen LogP contribution in [0.1, 0.15) is 5.56 Å². The van der Waals surface area contributed by atoms with Crippen LogP contribution in [0.3, 0.4) is 0 Å². The third-order valence-corrected chi connectivity index (χ3v) is 2.00. The minimum Gasteiger partial charge on any atom is -0.480 e. The zero-order valence-electron chi connectivity index (χ0n) is 7.24. The number of aliphatic hydroxyl groups is 1. The Morgan fingerprint density at radius 3 is 3.15 bits per heavy atom. The van der Waals surface area contributed by atoms with E-state index in [1.165, 1.54) is 0 Å². The Balaban J connectivity index is 2.76. The lowest BCUT2D eigenvalue weighted by molar-refractivity contribution is 0.283. The van der Waals surface area contributed by atoms with E-state index < -0.39 is 0 Å². The Morgan fingerprint density at radius 2 is 2.46 bits per heavy atom. The molecular formula is C9H10N2O2. The van der Waals surface area contributed by atoms with Crippen LogP contribution in [-0.4, -0.2) is 22.2 Å². The maximum atomic E-state index is 9.04. The van der Waals surface area contributed by atoms with Gasteiger partial charge in [-0.25, -0.2) is 4.98 Å². The predicted octanol–water partition coefficient (Wildman–Crippen LogP) is 1.06. The average Bonchev–Trinajstić information content (AvgIpc) is 2.60. The predicted molar refractivity (Wildman–Crippen MR) is 48.6 cm³/mol. The molecule has 68 valence electrons. The van der Waals surface area contributed by atoms with Crippen molar-refractivity contribution in [2.45, 2.75) is 6.61 Å². The van der Waals surface area contributed by atoms with E-state index in [1.54, 1.807) is 19.5 Å². The van der Waals surface area contributed by atoms with E-state index in [0.29, 0.717) is 5.88 Å². The molecule has 0 spiro atoms. The summed E-state index contributed by atoms with van der Waals surface area (Å²) in [6.07, 6.45) is 3.42. The van der Waals surface area contributed by atoms with Crippen LogP contribution in [0.4, 0.5) is 0 Å². The number of aromatic nitrogens is 2. The first-order chi connectivity index (χ1) is 6.36. The fourth-order valence-electron chi connectivity index (χ4n) is 1.39. The Labute approximate surface area is 75.2 Å². The monoisotopic (exact) mass is 178 g/mol. The lowest BCUT2D eigenvalue weighted by atomic mass is 10.2. The summed E-state index contributed by atoms with van der Waals surface area (Å²) in [4.78, 5) is 7.09. The van der Waals surface area contributed by atoms with Crippen LogP contribution in [0.25, 0.3) is 10.9 Å². The Hall–Kier alpha value is -1.55. The molecule has 2 N–H and O–H groups in total. The number of aromatic amines is 1. The van der Waals surface area contributed by atoms with Gasteiger partial charge in [-0.3, -0.25) is 0 Å². The summed E-state index contributed by atoms with van der Waals surface area (Å²) >= 11 is 0. The van der Waals surface area contributed by atoms with Gasteiger partial charge >= 0.3 is 0 Å². The van der Waals surface area contributed by atoms with Crippen LogP contribution >= 0.6 is 0 Å². The van der Waals surface area contributed by atoms with Gasteiger partial charge in [0, 0.05) is 18.0 Å². The van der Waals surface area contributed by atoms with E-state index in [0.717, 1.165) is 16.5 Å². The largest absolute Gasteiger partial charge is 0.480 e. The van der Waals surface area contributed by atoms with Gasteiger partial charge in [0.15, 0.2) is 0 Å². The summed E-state index contributed by atoms with van der Waals surface area (Å²) in [7, 11) is 1.57. The minimum absolute atomic E-state index is 0.0119. The van der Waals surface area contributed by atoms with Crippen molar-refractivity contribution in [3.05, 3.63) is 24.0 Å². The number of rotatable bonds is 2. The Bertz CT molecular complexity index is 422. The number of hydrogen-bond donors (Lipinski definition) is 2. The maximum Gasteiger partial charge on any atom is 0.222 e. The fraction of sp³-hybridized carbons (Fsp3) is 0.222. The number of nitrogens with one attached hydrogen (secondary N) is 1. The van der Waals surface area contributed by atoms with E-state index in [1.807, 2.05) is 6.07 Å². The molecule has 0 fully saturated rings. The van der Waals surface area contributed by atoms with Crippen LogP contribution < -0.4 is 4.74 Å². The normalized spacial score (nSPS) is 10.6. The molecule has 0 bridgehead atoms. The van der Waals surface area contributed by atoms with Crippen LogP contribution in [0.5, 0.6) is 5.88 Å². The third kappa shape index (κ3) is 1.15. The van der Waals surface area contributed by atoms with Crippen molar-refractivity contribution in [1.82, 2.24) is 9.97 Å². The number of pyridine rings is 1. The lowest BCUT2D eigenvalue weighted by Gasteiger charge is -2.00. The molecule has 0 saturated heterocycles. The Morgan fingerprint density at radius 1 is 1.62 bits per heavy atom. The lowest BCUT2D eigenvalue weighted by Crippen LogP contribution is -1.89. The molecule has 0 saturated carbocycles. The molecule has 2 heterocycles. The number of hydrogen-bond acceptors (Lipinski definition) is 3. The second-order valence-corrected chi connectivity index (χ2v) is 2.71.